The highest BCUT2D eigenvalue weighted by molar-refractivity contribution is 6.33. The average molecular weight is 423 g/mol. The van der Waals surface area contributed by atoms with Gasteiger partial charge in [0.15, 0.2) is 5.82 Å². The Morgan fingerprint density at radius 2 is 2.20 bits per heavy atom. The molecule has 1 atom stereocenters. The number of aromatic nitrogens is 2. The van der Waals surface area contributed by atoms with Gasteiger partial charge in [-0.3, -0.25) is 4.79 Å². The molecule has 0 bridgehead atoms. The van der Waals surface area contributed by atoms with Crippen LogP contribution in [0.4, 0.5) is 23.1 Å². The van der Waals surface area contributed by atoms with E-state index in [0.717, 1.165) is 37.1 Å². The Morgan fingerprint density at radius 1 is 1.33 bits per heavy atom. The minimum absolute atomic E-state index is 0.276. The van der Waals surface area contributed by atoms with Gasteiger partial charge in [-0.05, 0) is 48.7 Å². The molecule has 2 aromatic rings. The number of carbonyl (C=O) groups excluding carboxylic acids is 1. The van der Waals surface area contributed by atoms with E-state index in [4.69, 9.17) is 11.6 Å². The molecule has 1 aromatic carbocycles. The predicted molar refractivity (Wildman–Crippen MR) is 122 cm³/mol. The first-order chi connectivity index (χ1) is 14.6. The standard InChI is InChI=1S/C22H23ClN6O/c1-2-20(30)27-19-11-15(14-5-3-6-14)8-9-18(19)28-21-17(23)13-25-22(29-21)26-16-7-4-10-24-12-16/h2-3,5-6,8-9,11,13,16,24H,1,4,7,10,12H2,(H,27,30)(H2,25,26,28,29)/t16-/m0/s1. The van der Waals surface area contributed by atoms with Crippen molar-refractivity contribution in [3.8, 4) is 0 Å². The van der Waals surface area contributed by atoms with Crippen LogP contribution >= 0.6 is 11.6 Å². The van der Waals surface area contributed by atoms with Crippen molar-refractivity contribution in [1.82, 2.24) is 15.3 Å². The normalized spacial score (nSPS) is 17.5. The molecular formula is C22H23ClN6O. The number of anilines is 4. The molecular weight excluding hydrogens is 400 g/mol. The summed E-state index contributed by atoms with van der Waals surface area (Å²) in [4.78, 5) is 20.8. The summed E-state index contributed by atoms with van der Waals surface area (Å²) in [5.41, 5.74) is 3.38. The lowest BCUT2D eigenvalue weighted by Crippen LogP contribution is -2.38. The maximum atomic E-state index is 11.9. The molecule has 1 aromatic heterocycles. The average Bonchev–Trinajstić information content (AvgIpc) is 2.71. The zero-order valence-electron chi connectivity index (χ0n) is 16.4. The molecule has 1 amide bonds. The molecule has 1 fully saturated rings. The van der Waals surface area contributed by atoms with Gasteiger partial charge in [0, 0.05) is 12.6 Å². The molecule has 4 rings (SSSR count). The van der Waals surface area contributed by atoms with Gasteiger partial charge in [-0.15, -0.1) is 0 Å². The van der Waals surface area contributed by atoms with Crippen LogP contribution in [0.3, 0.4) is 0 Å². The third-order valence-electron chi connectivity index (χ3n) is 4.98. The molecule has 0 saturated carbocycles. The van der Waals surface area contributed by atoms with Crippen molar-refractivity contribution < 1.29 is 4.79 Å². The van der Waals surface area contributed by atoms with Crippen LogP contribution in [0.15, 0.2) is 55.3 Å². The number of allylic oxidation sites excluding steroid dienone is 4. The number of halogens is 1. The largest absolute Gasteiger partial charge is 0.350 e. The summed E-state index contributed by atoms with van der Waals surface area (Å²) < 4.78 is 0. The third kappa shape index (κ3) is 4.69. The number of hydrogen-bond acceptors (Lipinski definition) is 6. The summed E-state index contributed by atoms with van der Waals surface area (Å²) in [6.07, 6.45) is 11.0. The van der Waals surface area contributed by atoms with Crippen molar-refractivity contribution in [3.63, 3.8) is 0 Å². The maximum absolute atomic E-state index is 11.9. The van der Waals surface area contributed by atoms with E-state index >= 15 is 0 Å². The molecule has 7 nitrogen and oxygen atoms in total. The zero-order chi connectivity index (χ0) is 20.9. The Balaban J connectivity index is 1.58. The SMILES string of the molecule is C=CC(=O)Nc1cc(C2=CC=C2)ccc1Nc1nc(N[C@H]2CCCNC2)ncc1Cl. The first-order valence-corrected chi connectivity index (χ1v) is 10.2. The minimum atomic E-state index is -0.297. The topological polar surface area (TPSA) is 91.0 Å². The quantitative estimate of drug-likeness (QED) is 0.502. The van der Waals surface area contributed by atoms with E-state index in [1.54, 1.807) is 6.20 Å². The van der Waals surface area contributed by atoms with Crippen LogP contribution in [-0.4, -0.2) is 35.0 Å². The molecule has 30 heavy (non-hydrogen) atoms. The number of benzene rings is 1. The smallest absolute Gasteiger partial charge is 0.247 e. The summed E-state index contributed by atoms with van der Waals surface area (Å²) in [5.74, 6) is 0.672. The summed E-state index contributed by atoms with van der Waals surface area (Å²) in [5, 5.41) is 13.2. The van der Waals surface area contributed by atoms with Crippen molar-refractivity contribution in [1.29, 1.82) is 0 Å². The van der Waals surface area contributed by atoms with Crippen LogP contribution in [0.25, 0.3) is 5.57 Å². The first kappa shape index (κ1) is 20.1. The summed E-state index contributed by atoms with van der Waals surface area (Å²) in [6.45, 7) is 5.44. The van der Waals surface area contributed by atoms with Gasteiger partial charge in [0.2, 0.25) is 11.9 Å². The van der Waals surface area contributed by atoms with Gasteiger partial charge in [-0.1, -0.05) is 42.5 Å². The number of carbonyl (C=O) groups is 1. The minimum Gasteiger partial charge on any atom is -0.350 e. The van der Waals surface area contributed by atoms with Crippen LogP contribution < -0.4 is 21.3 Å². The van der Waals surface area contributed by atoms with Gasteiger partial charge in [-0.2, -0.15) is 4.98 Å². The van der Waals surface area contributed by atoms with Crippen molar-refractivity contribution >= 4 is 46.2 Å². The fraction of sp³-hybridized carbons (Fsp3) is 0.227. The van der Waals surface area contributed by atoms with Crippen LogP contribution in [0.5, 0.6) is 0 Å². The Bertz CT molecular complexity index is 1030. The zero-order valence-corrected chi connectivity index (χ0v) is 17.2. The van der Waals surface area contributed by atoms with E-state index in [1.165, 1.54) is 6.08 Å². The number of piperidine rings is 1. The lowest BCUT2D eigenvalue weighted by atomic mass is 9.98. The fourth-order valence-electron chi connectivity index (χ4n) is 3.31. The van der Waals surface area contributed by atoms with Crippen LogP contribution in [0, 0.1) is 0 Å². The second kappa shape index (κ2) is 9.11. The monoisotopic (exact) mass is 422 g/mol. The number of nitrogens with zero attached hydrogens (tertiary/aromatic N) is 2. The summed E-state index contributed by atoms with van der Waals surface area (Å²) in [7, 11) is 0. The molecule has 1 aliphatic heterocycles. The molecule has 8 heteroatoms. The number of amides is 1. The molecule has 154 valence electrons. The first-order valence-electron chi connectivity index (χ1n) is 9.85. The Kier molecular flexibility index (Phi) is 6.11. The van der Waals surface area contributed by atoms with E-state index in [-0.39, 0.29) is 11.9 Å². The van der Waals surface area contributed by atoms with E-state index in [9.17, 15) is 4.79 Å². The van der Waals surface area contributed by atoms with Crippen LogP contribution in [0.2, 0.25) is 5.02 Å². The van der Waals surface area contributed by atoms with E-state index < -0.39 is 0 Å². The van der Waals surface area contributed by atoms with E-state index in [0.29, 0.717) is 28.2 Å². The second-order valence-corrected chi connectivity index (χ2v) is 7.54. The van der Waals surface area contributed by atoms with Gasteiger partial charge < -0.3 is 21.3 Å². The molecule has 1 saturated heterocycles. The van der Waals surface area contributed by atoms with Gasteiger partial charge in [0.1, 0.15) is 5.02 Å². The van der Waals surface area contributed by atoms with Crippen molar-refractivity contribution in [2.45, 2.75) is 18.9 Å². The van der Waals surface area contributed by atoms with Gasteiger partial charge in [0.25, 0.3) is 0 Å². The van der Waals surface area contributed by atoms with Crippen LogP contribution in [-0.2, 0) is 4.79 Å². The Labute approximate surface area is 180 Å². The highest BCUT2D eigenvalue weighted by Gasteiger charge is 2.16. The van der Waals surface area contributed by atoms with Gasteiger partial charge >= 0.3 is 0 Å². The number of hydrogen-bond donors (Lipinski definition) is 4. The molecule has 2 aliphatic rings. The molecule has 0 radical (unpaired) electrons. The van der Waals surface area contributed by atoms with Crippen molar-refractivity contribution in [2.24, 2.45) is 0 Å². The molecule has 4 N–H and O–H groups in total. The lowest BCUT2D eigenvalue weighted by Gasteiger charge is -2.24. The van der Waals surface area contributed by atoms with Gasteiger partial charge in [-0.25, -0.2) is 4.98 Å². The van der Waals surface area contributed by atoms with E-state index in [1.807, 2.05) is 36.4 Å². The van der Waals surface area contributed by atoms with Gasteiger partial charge in [0.05, 0.1) is 17.6 Å². The number of nitrogens with one attached hydrogen (secondary N) is 4. The number of rotatable bonds is 7. The Hall–Kier alpha value is -3.16. The van der Waals surface area contributed by atoms with Crippen molar-refractivity contribution in [3.05, 3.63) is 65.9 Å². The highest BCUT2D eigenvalue weighted by Crippen LogP contribution is 2.33. The third-order valence-corrected chi connectivity index (χ3v) is 5.25. The molecule has 0 spiro atoms. The lowest BCUT2D eigenvalue weighted by molar-refractivity contribution is -0.111. The van der Waals surface area contributed by atoms with Crippen molar-refractivity contribution in [2.75, 3.05) is 29.0 Å². The predicted octanol–water partition coefficient (Wildman–Crippen LogP) is 4.12. The highest BCUT2D eigenvalue weighted by atomic mass is 35.5. The molecule has 1 aliphatic carbocycles. The molecule has 0 unspecified atom stereocenters. The molecule has 2 heterocycles. The fourth-order valence-corrected chi connectivity index (χ4v) is 3.45. The van der Waals surface area contributed by atoms with E-state index in [2.05, 4.69) is 37.8 Å². The summed E-state index contributed by atoms with van der Waals surface area (Å²) >= 11 is 6.34. The van der Waals surface area contributed by atoms with Crippen LogP contribution in [0.1, 0.15) is 18.4 Å². The maximum Gasteiger partial charge on any atom is 0.247 e. The Morgan fingerprint density at radius 3 is 2.90 bits per heavy atom. The second-order valence-electron chi connectivity index (χ2n) is 7.14. The summed E-state index contributed by atoms with van der Waals surface area (Å²) in [6, 6.07) is 6.04.